The fraction of sp³-hybridized carbons (Fsp3) is 0.318. The van der Waals surface area contributed by atoms with Crippen LogP contribution in [-0.2, 0) is 16.0 Å². The number of hydrogen-bond donors (Lipinski definition) is 2. The van der Waals surface area contributed by atoms with Crippen LogP contribution in [0.25, 0.3) is 21.9 Å². The zero-order valence-corrected chi connectivity index (χ0v) is 17.7. The molecule has 0 unspecified atom stereocenters. The molecule has 0 aliphatic carbocycles. The third-order valence-electron chi connectivity index (χ3n) is 5.18. The number of nitrogens with one attached hydrogen (secondary N) is 1. The van der Waals surface area contributed by atoms with Gasteiger partial charge < -0.3 is 19.7 Å². The van der Waals surface area contributed by atoms with E-state index in [0.29, 0.717) is 42.1 Å². The van der Waals surface area contributed by atoms with Crippen LogP contribution in [-0.4, -0.2) is 52.2 Å². The zero-order chi connectivity index (χ0) is 21.3. The lowest BCUT2D eigenvalue weighted by atomic mass is 10.1. The van der Waals surface area contributed by atoms with E-state index in [4.69, 9.17) is 4.74 Å². The molecule has 1 fully saturated rings. The second kappa shape index (κ2) is 8.41. The minimum atomic E-state index is -0.243. The highest BCUT2D eigenvalue weighted by molar-refractivity contribution is 7.18. The van der Waals surface area contributed by atoms with Gasteiger partial charge in [-0.1, -0.05) is 19.1 Å². The van der Waals surface area contributed by atoms with Crippen LogP contribution in [0.15, 0.2) is 29.1 Å². The minimum absolute atomic E-state index is 0.0975. The Bertz CT molecular complexity index is 1190. The molecule has 0 saturated carbocycles. The third kappa shape index (κ3) is 3.88. The first-order chi connectivity index (χ1) is 14.5. The standard InChI is InChI=1S/C22H23N3O4S/c1-3-16-13(2)30-21-18(16)20(27)23-19(24-21)17(12-14-5-4-6-15(26)11-14)22(28)25-7-9-29-10-8-25/h4-6,11-12,26H,3,7-10H2,1-2H3,(H,23,24,27)/b17-12+. The van der Waals surface area contributed by atoms with Crippen molar-refractivity contribution in [2.45, 2.75) is 20.3 Å². The first-order valence-electron chi connectivity index (χ1n) is 9.88. The van der Waals surface area contributed by atoms with Crippen LogP contribution >= 0.6 is 11.3 Å². The largest absolute Gasteiger partial charge is 0.508 e. The molecular weight excluding hydrogens is 402 g/mol. The summed E-state index contributed by atoms with van der Waals surface area (Å²) >= 11 is 1.46. The maximum Gasteiger partial charge on any atom is 0.260 e. The van der Waals surface area contributed by atoms with Gasteiger partial charge in [-0.15, -0.1) is 11.3 Å². The molecule has 1 saturated heterocycles. The lowest BCUT2D eigenvalue weighted by molar-refractivity contribution is -0.128. The molecular formula is C22H23N3O4S. The van der Waals surface area contributed by atoms with Gasteiger partial charge in [0, 0.05) is 18.0 Å². The summed E-state index contributed by atoms with van der Waals surface area (Å²) in [6.45, 7) is 5.88. The van der Waals surface area contributed by atoms with Crippen molar-refractivity contribution in [1.29, 1.82) is 0 Å². The fourth-order valence-corrected chi connectivity index (χ4v) is 4.79. The molecule has 2 N–H and O–H groups in total. The van der Waals surface area contributed by atoms with E-state index in [2.05, 4.69) is 9.97 Å². The second-order valence-electron chi connectivity index (χ2n) is 7.14. The average Bonchev–Trinajstić information content (AvgIpc) is 3.07. The second-order valence-corrected chi connectivity index (χ2v) is 8.35. The van der Waals surface area contributed by atoms with Crippen LogP contribution in [0.3, 0.4) is 0 Å². The number of hydrogen-bond acceptors (Lipinski definition) is 6. The highest BCUT2D eigenvalue weighted by atomic mass is 32.1. The number of morpholine rings is 1. The van der Waals surface area contributed by atoms with Gasteiger partial charge in [0.05, 0.1) is 24.2 Å². The molecule has 0 bridgehead atoms. The van der Waals surface area contributed by atoms with E-state index in [1.807, 2.05) is 13.8 Å². The summed E-state index contributed by atoms with van der Waals surface area (Å²) in [4.78, 5) is 37.1. The van der Waals surface area contributed by atoms with Crippen molar-refractivity contribution >= 4 is 39.1 Å². The maximum absolute atomic E-state index is 13.3. The molecule has 0 atom stereocenters. The molecule has 1 aliphatic heterocycles. The number of aromatic amines is 1. The van der Waals surface area contributed by atoms with Crippen LogP contribution in [0.5, 0.6) is 5.75 Å². The number of benzene rings is 1. The van der Waals surface area contributed by atoms with Crippen LogP contribution < -0.4 is 5.56 Å². The number of nitrogens with zero attached hydrogens (tertiary/aromatic N) is 2. The van der Waals surface area contributed by atoms with Crippen molar-refractivity contribution in [1.82, 2.24) is 14.9 Å². The summed E-state index contributed by atoms with van der Waals surface area (Å²) in [5, 5.41) is 10.4. The first-order valence-corrected chi connectivity index (χ1v) is 10.7. The Morgan fingerprint density at radius 3 is 2.83 bits per heavy atom. The number of rotatable bonds is 4. The first kappa shape index (κ1) is 20.3. The van der Waals surface area contributed by atoms with E-state index in [9.17, 15) is 14.7 Å². The van der Waals surface area contributed by atoms with E-state index >= 15 is 0 Å². The van der Waals surface area contributed by atoms with Crippen molar-refractivity contribution in [2.24, 2.45) is 0 Å². The Morgan fingerprint density at radius 2 is 2.13 bits per heavy atom. The summed E-state index contributed by atoms with van der Waals surface area (Å²) < 4.78 is 5.36. The summed E-state index contributed by atoms with van der Waals surface area (Å²) in [7, 11) is 0. The number of H-pyrrole nitrogens is 1. The average molecular weight is 426 g/mol. The van der Waals surface area contributed by atoms with Gasteiger partial charge in [-0.3, -0.25) is 9.59 Å². The Kier molecular flexibility index (Phi) is 5.69. The number of phenolic OH excluding ortho intramolecular Hbond substituents is 1. The topological polar surface area (TPSA) is 95.5 Å². The number of fused-ring (bicyclic) bond motifs is 1. The van der Waals surface area contributed by atoms with Crippen molar-refractivity contribution in [2.75, 3.05) is 26.3 Å². The van der Waals surface area contributed by atoms with E-state index < -0.39 is 0 Å². The Labute approximate surface area is 177 Å². The van der Waals surface area contributed by atoms with Gasteiger partial charge in [-0.25, -0.2) is 4.98 Å². The van der Waals surface area contributed by atoms with E-state index in [0.717, 1.165) is 16.9 Å². The number of carbonyl (C=O) groups excluding carboxylic acids is 1. The number of aromatic nitrogens is 2. The molecule has 0 radical (unpaired) electrons. The van der Waals surface area contributed by atoms with Gasteiger partial charge in [0.15, 0.2) is 0 Å². The molecule has 0 spiro atoms. The van der Waals surface area contributed by atoms with Gasteiger partial charge in [0.1, 0.15) is 16.4 Å². The third-order valence-corrected chi connectivity index (χ3v) is 6.22. The molecule has 7 nitrogen and oxygen atoms in total. The Balaban J connectivity index is 1.87. The Morgan fingerprint density at radius 1 is 1.37 bits per heavy atom. The summed E-state index contributed by atoms with van der Waals surface area (Å²) in [6.07, 6.45) is 2.40. The number of thiophene rings is 1. The molecule has 1 aromatic carbocycles. The fourth-order valence-electron chi connectivity index (χ4n) is 3.68. The number of phenols is 1. The summed E-state index contributed by atoms with van der Waals surface area (Å²) in [6, 6.07) is 6.61. The maximum atomic E-state index is 13.3. The number of aryl methyl sites for hydroxylation is 2. The quantitative estimate of drug-likeness (QED) is 0.627. The summed E-state index contributed by atoms with van der Waals surface area (Å²) in [5.41, 5.74) is 1.68. The van der Waals surface area contributed by atoms with Gasteiger partial charge in [0.25, 0.3) is 11.5 Å². The van der Waals surface area contributed by atoms with Crippen LogP contribution in [0.2, 0.25) is 0 Å². The highest BCUT2D eigenvalue weighted by Crippen LogP contribution is 2.29. The van der Waals surface area contributed by atoms with Crippen LogP contribution in [0.1, 0.15) is 28.8 Å². The lowest BCUT2D eigenvalue weighted by Gasteiger charge is -2.27. The molecule has 8 heteroatoms. The van der Waals surface area contributed by atoms with Crippen LogP contribution in [0.4, 0.5) is 0 Å². The highest BCUT2D eigenvalue weighted by Gasteiger charge is 2.25. The van der Waals surface area contributed by atoms with Crippen molar-refractivity contribution in [3.8, 4) is 5.75 Å². The number of amides is 1. The van der Waals surface area contributed by atoms with Gasteiger partial charge >= 0.3 is 0 Å². The molecule has 30 heavy (non-hydrogen) atoms. The smallest absolute Gasteiger partial charge is 0.260 e. The van der Waals surface area contributed by atoms with E-state index in [1.54, 1.807) is 35.2 Å². The SMILES string of the molecule is CCc1c(C)sc2nc(/C(=C\c3cccc(O)c3)C(=O)N3CCOCC3)[nH]c(=O)c12. The molecule has 3 aromatic rings. The molecule has 1 amide bonds. The summed E-state index contributed by atoms with van der Waals surface area (Å²) in [5.74, 6) is 0.102. The molecule has 2 aromatic heterocycles. The number of carbonyl (C=O) groups is 1. The monoisotopic (exact) mass is 425 g/mol. The van der Waals surface area contributed by atoms with E-state index in [1.165, 1.54) is 11.3 Å². The van der Waals surface area contributed by atoms with Crippen LogP contribution in [0, 0.1) is 6.92 Å². The number of aromatic hydroxyl groups is 1. The van der Waals surface area contributed by atoms with Gasteiger partial charge in [-0.2, -0.15) is 0 Å². The minimum Gasteiger partial charge on any atom is -0.508 e. The van der Waals surface area contributed by atoms with E-state index in [-0.39, 0.29) is 28.6 Å². The van der Waals surface area contributed by atoms with Gasteiger partial charge in [-0.05, 0) is 42.7 Å². The molecule has 1 aliphatic rings. The molecule has 4 rings (SSSR count). The number of ether oxygens (including phenoxy) is 1. The predicted octanol–water partition coefficient (Wildman–Crippen LogP) is 2.96. The van der Waals surface area contributed by atoms with Gasteiger partial charge in [0.2, 0.25) is 0 Å². The lowest BCUT2D eigenvalue weighted by Crippen LogP contribution is -2.41. The van der Waals surface area contributed by atoms with Crippen molar-refractivity contribution in [3.63, 3.8) is 0 Å². The Hall–Kier alpha value is -2.97. The zero-order valence-electron chi connectivity index (χ0n) is 16.9. The molecule has 156 valence electrons. The predicted molar refractivity (Wildman–Crippen MR) is 118 cm³/mol. The van der Waals surface area contributed by atoms with Crippen molar-refractivity contribution < 1.29 is 14.6 Å². The molecule has 3 heterocycles. The van der Waals surface area contributed by atoms with Crippen molar-refractivity contribution in [3.05, 3.63) is 56.4 Å². The normalized spacial score (nSPS) is 15.0.